The summed E-state index contributed by atoms with van der Waals surface area (Å²) < 4.78 is 0. The first-order valence-corrected chi connectivity index (χ1v) is 21.1. The highest BCUT2D eigenvalue weighted by atomic mass is 35.5. The van der Waals surface area contributed by atoms with E-state index < -0.39 is 9.74 Å². The summed E-state index contributed by atoms with van der Waals surface area (Å²) in [7, 11) is 0. The van der Waals surface area contributed by atoms with Crippen molar-refractivity contribution in [3.63, 3.8) is 0 Å². The van der Waals surface area contributed by atoms with Gasteiger partial charge in [-0.25, -0.2) is 0 Å². The summed E-state index contributed by atoms with van der Waals surface area (Å²) in [4.78, 5) is 28.9. The summed E-state index contributed by atoms with van der Waals surface area (Å²) in [6, 6.07) is 46.5. The van der Waals surface area contributed by atoms with Gasteiger partial charge in [0, 0.05) is 37.3 Å². The molecule has 2 N–H and O–H groups in total. The Labute approximate surface area is 366 Å². The van der Waals surface area contributed by atoms with Crippen LogP contribution in [0, 0.1) is 6.92 Å². The molecule has 0 fully saturated rings. The zero-order valence-electron chi connectivity index (χ0n) is 30.8. The average molecular weight is 876 g/mol. The number of carbonyl (C=O) groups is 2. The van der Waals surface area contributed by atoms with Gasteiger partial charge < -0.3 is 9.80 Å². The predicted molar refractivity (Wildman–Crippen MR) is 245 cm³/mol. The predicted octanol–water partition coefficient (Wildman–Crippen LogP) is 11.1. The molecule has 59 heavy (non-hydrogen) atoms. The van der Waals surface area contributed by atoms with Crippen molar-refractivity contribution >= 4 is 91.6 Å². The SMILES string of the molecule is C.Cc1ccccc1C1=NNC2(S1)C(=O)N(Cc1ccccc1Cl)c1ccccc12.O=C1N(Cc2ccccc2Cl)c2ccc(Cl)cc2C12NN=C(c1ccccc1)S2. The number of benzene rings is 6. The Morgan fingerprint density at radius 2 is 1.08 bits per heavy atom. The molecule has 6 aromatic rings. The normalized spacial score (nSPS) is 19.7. The molecule has 2 unspecified atom stereocenters. The van der Waals surface area contributed by atoms with E-state index in [1.165, 1.54) is 23.5 Å². The molecule has 4 aliphatic rings. The van der Waals surface area contributed by atoms with Crippen molar-refractivity contribution < 1.29 is 9.59 Å². The average Bonchev–Trinajstić information content (AvgIpc) is 4.00. The highest BCUT2D eigenvalue weighted by Crippen LogP contribution is 2.53. The Morgan fingerprint density at radius 1 is 0.576 bits per heavy atom. The number of fused-ring (bicyclic) bond motifs is 4. The Hall–Kier alpha value is -5.23. The number of aryl methyl sites for hydroxylation is 1. The van der Waals surface area contributed by atoms with Gasteiger partial charge in [-0.2, -0.15) is 10.2 Å². The number of hydrazone groups is 2. The van der Waals surface area contributed by atoms with E-state index in [-0.39, 0.29) is 19.2 Å². The number of nitrogens with zero attached hydrogens (tertiary/aromatic N) is 4. The number of nitrogens with one attached hydrogen (secondary N) is 2. The number of hydrogen-bond acceptors (Lipinski definition) is 8. The molecule has 0 bridgehead atoms. The van der Waals surface area contributed by atoms with Gasteiger partial charge in [0.05, 0.1) is 24.5 Å². The van der Waals surface area contributed by atoms with Gasteiger partial charge in [0.15, 0.2) is 0 Å². The number of amides is 2. The summed E-state index contributed by atoms with van der Waals surface area (Å²) in [6.07, 6.45) is 0. The number of para-hydroxylation sites is 1. The highest BCUT2D eigenvalue weighted by Gasteiger charge is 2.56. The maximum absolute atomic E-state index is 13.7. The fraction of sp³-hybridized carbons (Fsp3) is 0.130. The lowest BCUT2D eigenvalue weighted by atomic mass is 10.1. The lowest BCUT2D eigenvalue weighted by Gasteiger charge is -2.23. The molecule has 6 aromatic carbocycles. The zero-order chi connectivity index (χ0) is 40.0. The molecule has 2 amide bonds. The molecule has 0 radical (unpaired) electrons. The lowest BCUT2D eigenvalue weighted by molar-refractivity contribution is -0.121. The zero-order valence-corrected chi connectivity index (χ0v) is 34.7. The third kappa shape index (κ3) is 7.17. The van der Waals surface area contributed by atoms with E-state index in [0.29, 0.717) is 28.2 Å². The number of rotatable bonds is 6. The first-order chi connectivity index (χ1) is 28.2. The van der Waals surface area contributed by atoms with Crippen LogP contribution in [-0.2, 0) is 32.4 Å². The summed E-state index contributed by atoms with van der Waals surface area (Å²) in [5.74, 6) is -0.120. The van der Waals surface area contributed by atoms with Gasteiger partial charge in [-0.15, -0.1) is 0 Å². The second-order valence-electron chi connectivity index (χ2n) is 13.9. The van der Waals surface area contributed by atoms with Crippen LogP contribution in [0.3, 0.4) is 0 Å². The molecular formula is C46H37Cl3N6O2S2. The van der Waals surface area contributed by atoms with E-state index in [2.05, 4.69) is 34.0 Å². The molecule has 8 nitrogen and oxygen atoms in total. The minimum atomic E-state index is -1.04. The Morgan fingerprint density at radius 3 is 1.73 bits per heavy atom. The van der Waals surface area contributed by atoms with Crippen LogP contribution in [-0.4, -0.2) is 21.9 Å². The third-order valence-electron chi connectivity index (χ3n) is 10.4. The van der Waals surface area contributed by atoms with Crippen molar-refractivity contribution in [3.05, 3.63) is 200 Å². The van der Waals surface area contributed by atoms with E-state index >= 15 is 0 Å². The lowest BCUT2D eigenvalue weighted by Crippen LogP contribution is -2.44. The van der Waals surface area contributed by atoms with Gasteiger partial charge in [-0.1, -0.05) is 175 Å². The van der Waals surface area contributed by atoms with Gasteiger partial charge in [0.1, 0.15) is 10.1 Å². The molecule has 10 rings (SSSR count). The van der Waals surface area contributed by atoms with Crippen LogP contribution in [0.2, 0.25) is 15.1 Å². The standard InChI is InChI=1S/C23H18ClN3OS.C22H15Cl2N3OS.CH4/c1-15-8-2-4-10-17(15)21-25-26-23(29-21)18-11-5-7-13-20(18)27(22(23)28)14-16-9-3-6-12-19(16)24;23-16-10-11-19-17(12-16)22(26-25-20(29-22)14-6-2-1-3-7-14)21(28)27(19)13-15-8-4-5-9-18(15)24;/h2-13,26H,14H2,1H3;1-12,26H,13H2;1H4. The molecular weight excluding hydrogens is 839 g/mol. The molecule has 2 atom stereocenters. The quantitative estimate of drug-likeness (QED) is 0.173. The third-order valence-corrected chi connectivity index (χ3v) is 14.0. The van der Waals surface area contributed by atoms with Crippen LogP contribution >= 0.6 is 58.3 Å². The number of anilines is 2. The summed E-state index contributed by atoms with van der Waals surface area (Å²) in [5.41, 5.74) is 14.6. The summed E-state index contributed by atoms with van der Waals surface area (Å²) in [5, 5.41) is 12.5. The summed E-state index contributed by atoms with van der Waals surface area (Å²) >= 11 is 21.9. The van der Waals surface area contributed by atoms with Crippen molar-refractivity contribution in [1.82, 2.24) is 10.9 Å². The minimum Gasteiger partial charge on any atom is -0.304 e. The van der Waals surface area contributed by atoms with Gasteiger partial charge in [-0.3, -0.25) is 20.4 Å². The molecule has 0 saturated carbocycles. The summed E-state index contributed by atoms with van der Waals surface area (Å²) in [6.45, 7) is 2.84. The van der Waals surface area contributed by atoms with E-state index in [1.807, 2.05) is 133 Å². The van der Waals surface area contributed by atoms with Crippen molar-refractivity contribution in [1.29, 1.82) is 0 Å². The van der Waals surface area contributed by atoms with Crippen LogP contribution in [0.15, 0.2) is 156 Å². The monoisotopic (exact) mass is 874 g/mol. The van der Waals surface area contributed by atoms with Crippen molar-refractivity contribution in [2.75, 3.05) is 9.80 Å². The van der Waals surface area contributed by atoms with Crippen LogP contribution < -0.4 is 20.7 Å². The van der Waals surface area contributed by atoms with Gasteiger partial charge >= 0.3 is 0 Å². The Balaban J connectivity index is 0.000000161. The second kappa shape index (κ2) is 16.4. The second-order valence-corrected chi connectivity index (χ2v) is 17.6. The van der Waals surface area contributed by atoms with Crippen LogP contribution in [0.1, 0.15) is 46.4 Å². The largest absolute Gasteiger partial charge is 0.304 e. The number of carbonyl (C=O) groups excluding carboxylic acids is 2. The van der Waals surface area contributed by atoms with Crippen LogP contribution in [0.5, 0.6) is 0 Å². The van der Waals surface area contributed by atoms with Crippen molar-refractivity contribution in [2.24, 2.45) is 10.2 Å². The molecule has 2 spiro atoms. The molecule has 4 heterocycles. The first kappa shape index (κ1) is 40.5. The maximum Gasteiger partial charge on any atom is 0.270 e. The van der Waals surface area contributed by atoms with Crippen molar-refractivity contribution in [2.45, 2.75) is 37.2 Å². The number of hydrogen-bond donors (Lipinski definition) is 2. The molecule has 13 heteroatoms. The fourth-order valence-electron chi connectivity index (χ4n) is 7.46. The van der Waals surface area contributed by atoms with E-state index in [9.17, 15) is 9.59 Å². The molecule has 0 saturated heterocycles. The van der Waals surface area contributed by atoms with E-state index in [4.69, 9.17) is 34.8 Å². The van der Waals surface area contributed by atoms with E-state index in [0.717, 1.165) is 60.4 Å². The first-order valence-electron chi connectivity index (χ1n) is 18.4. The molecule has 296 valence electrons. The smallest absolute Gasteiger partial charge is 0.270 e. The minimum absolute atomic E-state index is 0. The number of thioether (sulfide) groups is 2. The van der Waals surface area contributed by atoms with E-state index in [1.54, 1.807) is 15.9 Å². The molecule has 4 aliphatic heterocycles. The van der Waals surface area contributed by atoms with Crippen LogP contribution in [0.25, 0.3) is 0 Å². The Kier molecular flexibility index (Phi) is 11.3. The number of halogens is 3. The molecule has 0 aromatic heterocycles. The molecule has 0 aliphatic carbocycles. The fourth-order valence-corrected chi connectivity index (χ4v) is 10.5. The Bertz CT molecular complexity index is 2680. The van der Waals surface area contributed by atoms with Crippen LogP contribution in [0.4, 0.5) is 11.4 Å². The maximum atomic E-state index is 13.7. The topological polar surface area (TPSA) is 89.4 Å². The van der Waals surface area contributed by atoms with Gasteiger partial charge in [0.25, 0.3) is 11.8 Å². The highest BCUT2D eigenvalue weighted by molar-refractivity contribution is 8.16. The van der Waals surface area contributed by atoms with Gasteiger partial charge in [0.2, 0.25) is 9.74 Å². The van der Waals surface area contributed by atoms with Crippen molar-refractivity contribution in [3.8, 4) is 0 Å². The van der Waals surface area contributed by atoms with Gasteiger partial charge in [-0.05, 0) is 60.0 Å².